The van der Waals surface area contributed by atoms with Crippen LogP contribution in [0, 0.1) is 10.1 Å². The first-order chi connectivity index (χ1) is 16.4. The van der Waals surface area contributed by atoms with Crippen molar-refractivity contribution in [3.8, 4) is 5.75 Å². The van der Waals surface area contributed by atoms with Crippen LogP contribution in [0.1, 0.15) is 51.9 Å². The van der Waals surface area contributed by atoms with E-state index < -0.39 is 10.9 Å². The van der Waals surface area contributed by atoms with Crippen molar-refractivity contribution in [2.45, 2.75) is 64.0 Å². The van der Waals surface area contributed by atoms with E-state index in [0.717, 1.165) is 37.8 Å². The van der Waals surface area contributed by atoms with Gasteiger partial charge in [-0.05, 0) is 66.7 Å². The Morgan fingerprint density at radius 1 is 1.21 bits per heavy atom. The molecule has 0 bridgehead atoms. The molecule has 184 valence electrons. The summed E-state index contributed by atoms with van der Waals surface area (Å²) in [5.41, 5.74) is 0.762. The van der Waals surface area contributed by atoms with Crippen LogP contribution >= 0.6 is 15.9 Å². The lowest BCUT2D eigenvalue weighted by atomic mass is 9.94. The molecule has 0 spiro atoms. The predicted octanol–water partition coefficient (Wildman–Crippen LogP) is 5.42. The highest BCUT2D eigenvalue weighted by molar-refractivity contribution is 9.10. The maximum atomic E-state index is 12.0. The van der Waals surface area contributed by atoms with Crippen molar-refractivity contribution in [2.24, 2.45) is 0 Å². The van der Waals surface area contributed by atoms with Crippen molar-refractivity contribution >= 4 is 39.1 Å². The molecule has 1 heterocycles. The summed E-state index contributed by atoms with van der Waals surface area (Å²) in [5, 5.41) is 23.9. The number of benzene rings is 1. The van der Waals surface area contributed by atoms with Crippen LogP contribution in [0.15, 0.2) is 41.0 Å². The van der Waals surface area contributed by atoms with Crippen molar-refractivity contribution in [3.63, 3.8) is 0 Å². The van der Waals surface area contributed by atoms with Gasteiger partial charge >= 0.3 is 11.7 Å². The van der Waals surface area contributed by atoms with E-state index in [9.17, 15) is 20.0 Å². The number of rotatable bonds is 8. The standard InChI is InChI=1S/C15H20BrN3O4.C9H11NO/c1-2-23-14(20)10-18(11-6-4-3-5-7-11)15-12(19(21)22)8-9-13(16)17-15;11-9-4-2-1-3-8(9)10-7-5-6-7/h8-9,11H,2-7,10H2,1H3;1-4,7,10-11H,5-6H2. The van der Waals surface area contributed by atoms with E-state index in [2.05, 4.69) is 26.2 Å². The Balaban J connectivity index is 0.000000243. The van der Waals surface area contributed by atoms with Gasteiger partial charge in [-0.15, -0.1) is 0 Å². The maximum absolute atomic E-state index is 12.0. The van der Waals surface area contributed by atoms with Gasteiger partial charge in [0.1, 0.15) is 16.9 Å². The number of carbonyl (C=O) groups excluding carboxylic acids is 1. The smallest absolute Gasteiger partial charge is 0.325 e. The summed E-state index contributed by atoms with van der Waals surface area (Å²) in [4.78, 5) is 28.9. The molecule has 10 heteroatoms. The van der Waals surface area contributed by atoms with E-state index in [1.54, 1.807) is 17.9 Å². The monoisotopic (exact) mass is 534 g/mol. The van der Waals surface area contributed by atoms with Crippen LogP contribution in [0.4, 0.5) is 17.2 Å². The molecule has 0 saturated heterocycles. The minimum atomic E-state index is -0.463. The number of aromatic hydroxyl groups is 1. The van der Waals surface area contributed by atoms with Crippen LogP contribution in [0.25, 0.3) is 0 Å². The SMILES string of the molecule is CCOC(=O)CN(c1nc(Br)ccc1[N+](=O)[O-])C1CCCCC1.Oc1ccccc1NC1CC1. The number of halogens is 1. The van der Waals surface area contributed by atoms with E-state index in [1.165, 1.54) is 25.0 Å². The summed E-state index contributed by atoms with van der Waals surface area (Å²) in [7, 11) is 0. The van der Waals surface area contributed by atoms with E-state index in [0.29, 0.717) is 16.4 Å². The molecule has 2 aromatic rings. The molecule has 0 amide bonds. The lowest BCUT2D eigenvalue weighted by Crippen LogP contribution is -2.42. The minimum absolute atomic E-state index is 0.0250. The molecule has 1 aromatic heterocycles. The van der Waals surface area contributed by atoms with Gasteiger partial charge in [0.05, 0.1) is 17.2 Å². The Kier molecular flexibility index (Phi) is 9.50. The van der Waals surface area contributed by atoms with Crippen LogP contribution in [0.3, 0.4) is 0 Å². The number of nitrogens with zero attached hydrogens (tertiary/aromatic N) is 3. The van der Waals surface area contributed by atoms with Crippen LogP contribution in [-0.4, -0.2) is 46.2 Å². The van der Waals surface area contributed by atoms with E-state index in [-0.39, 0.29) is 30.7 Å². The molecule has 0 atom stereocenters. The number of nitro groups is 1. The number of para-hydroxylation sites is 2. The number of ether oxygens (including phenoxy) is 1. The summed E-state index contributed by atoms with van der Waals surface area (Å²) in [6.45, 7) is 2.00. The number of hydrogen-bond donors (Lipinski definition) is 2. The average molecular weight is 535 g/mol. The molecular formula is C24H31BrN4O5. The molecule has 2 saturated carbocycles. The summed E-state index contributed by atoms with van der Waals surface area (Å²) in [6.07, 6.45) is 7.49. The second-order valence-corrected chi connectivity index (χ2v) is 9.21. The lowest BCUT2D eigenvalue weighted by molar-refractivity contribution is -0.384. The third-order valence-electron chi connectivity index (χ3n) is 5.75. The highest BCUT2D eigenvalue weighted by atomic mass is 79.9. The molecule has 9 nitrogen and oxygen atoms in total. The van der Waals surface area contributed by atoms with Gasteiger partial charge in [-0.2, -0.15) is 0 Å². The second-order valence-electron chi connectivity index (χ2n) is 8.39. The number of nitrogens with one attached hydrogen (secondary N) is 1. The first-order valence-corrected chi connectivity index (χ1v) is 12.5. The van der Waals surface area contributed by atoms with Crippen LogP contribution in [-0.2, 0) is 9.53 Å². The van der Waals surface area contributed by atoms with Crippen molar-refractivity contribution < 1.29 is 19.6 Å². The normalized spacial score (nSPS) is 15.6. The quantitative estimate of drug-likeness (QED) is 0.151. The van der Waals surface area contributed by atoms with Gasteiger partial charge in [0.15, 0.2) is 0 Å². The van der Waals surface area contributed by atoms with Gasteiger partial charge in [0, 0.05) is 18.2 Å². The molecule has 0 unspecified atom stereocenters. The lowest BCUT2D eigenvalue weighted by Gasteiger charge is -2.34. The molecule has 2 aliphatic carbocycles. The van der Waals surface area contributed by atoms with Gasteiger partial charge in [0.25, 0.3) is 0 Å². The molecular weight excluding hydrogens is 504 g/mol. The van der Waals surface area contributed by atoms with Crippen LogP contribution in [0.2, 0.25) is 0 Å². The number of phenolic OH excluding ortho intramolecular Hbond substituents is 1. The third kappa shape index (κ3) is 7.58. The van der Waals surface area contributed by atoms with Gasteiger partial charge in [-0.1, -0.05) is 31.4 Å². The Labute approximate surface area is 207 Å². The summed E-state index contributed by atoms with van der Waals surface area (Å²) in [6, 6.07) is 11.0. The van der Waals surface area contributed by atoms with Crippen LogP contribution in [0.5, 0.6) is 5.75 Å². The molecule has 34 heavy (non-hydrogen) atoms. The first kappa shape index (κ1) is 25.7. The van der Waals surface area contributed by atoms with Gasteiger partial charge in [-0.25, -0.2) is 4.98 Å². The fourth-order valence-electron chi connectivity index (χ4n) is 3.93. The minimum Gasteiger partial charge on any atom is -0.506 e. The fourth-order valence-corrected chi connectivity index (χ4v) is 4.23. The van der Waals surface area contributed by atoms with Crippen molar-refractivity contribution in [1.29, 1.82) is 0 Å². The Bertz CT molecular complexity index is 980. The Morgan fingerprint density at radius 2 is 1.91 bits per heavy atom. The average Bonchev–Trinajstić information content (AvgIpc) is 3.64. The van der Waals surface area contributed by atoms with E-state index >= 15 is 0 Å². The van der Waals surface area contributed by atoms with Gasteiger partial charge < -0.3 is 20.1 Å². The summed E-state index contributed by atoms with van der Waals surface area (Å²) in [5.74, 6) is 0.179. The number of hydrogen-bond acceptors (Lipinski definition) is 8. The summed E-state index contributed by atoms with van der Waals surface area (Å²) < 4.78 is 5.53. The Hall–Kier alpha value is -2.88. The Morgan fingerprint density at radius 3 is 2.53 bits per heavy atom. The predicted molar refractivity (Wildman–Crippen MR) is 134 cm³/mol. The van der Waals surface area contributed by atoms with Gasteiger partial charge in [0.2, 0.25) is 5.82 Å². The highest BCUT2D eigenvalue weighted by Gasteiger charge is 2.30. The van der Waals surface area contributed by atoms with Crippen molar-refractivity contribution in [2.75, 3.05) is 23.4 Å². The van der Waals surface area contributed by atoms with Gasteiger partial charge in [-0.3, -0.25) is 14.9 Å². The second kappa shape index (κ2) is 12.5. The zero-order valence-corrected chi connectivity index (χ0v) is 20.9. The number of carbonyl (C=O) groups is 1. The highest BCUT2D eigenvalue weighted by Crippen LogP contribution is 2.33. The number of esters is 1. The first-order valence-electron chi connectivity index (χ1n) is 11.7. The fraction of sp³-hybridized carbons (Fsp3) is 0.500. The molecule has 2 fully saturated rings. The van der Waals surface area contributed by atoms with Crippen LogP contribution < -0.4 is 10.2 Å². The molecule has 0 radical (unpaired) electrons. The zero-order valence-electron chi connectivity index (χ0n) is 19.3. The number of pyridine rings is 1. The molecule has 4 rings (SSSR count). The molecule has 2 aliphatic rings. The largest absolute Gasteiger partial charge is 0.506 e. The topological polar surface area (TPSA) is 118 Å². The van der Waals surface area contributed by atoms with E-state index in [4.69, 9.17) is 4.74 Å². The van der Waals surface area contributed by atoms with Crippen molar-refractivity contribution in [3.05, 3.63) is 51.1 Å². The van der Waals surface area contributed by atoms with E-state index in [1.807, 2.05) is 18.2 Å². The maximum Gasteiger partial charge on any atom is 0.325 e. The number of aromatic nitrogens is 1. The third-order valence-corrected chi connectivity index (χ3v) is 6.19. The molecule has 1 aromatic carbocycles. The zero-order chi connectivity index (χ0) is 24.5. The number of phenols is 1. The molecule has 2 N–H and O–H groups in total. The summed E-state index contributed by atoms with van der Waals surface area (Å²) >= 11 is 3.26. The molecule has 0 aliphatic heterocycles. The number of anilines is 2. The van der Waals surface area contributed by atoms with Crippen molar-refractivity contribution in [1.82, 2.24) is 4.98 Å².